The van der Waals surface area contributed by atoms with Crippen LogP contribution in [-0.2, 0) is 16.0 Å². The first-order valence-electron chi connectivity index (χ1n) is 8.48. The predicted molar refractivity (Wildman–Crippen MR) is 97.8 cm³/mol. The third-order valence-electron chi connectivity index (χ3n) is 3.61. The summed E-state index contributed by atoms with van der Waals surface area (Å²) in [6, 6.07) is 8.20. The third-order valence-corrected chi connectivity index (χ3v) is 3.61. The van der Waals surface area contributed by atoms with Gasteiger partial charge in [-0.2, -0.15) is 0 Å². The number of carbonyl (C=O) groups is 2. The van der Waals surface area contributed by atoms with Gasteiger partial charge in [0.15, 0.2) is 0 Å². The molecule has 0 unspecified atom stereocenters. The van der Waals surface area contributed by atoms with Gasteiger partial charge in [0.1, 0.15) is 0 Å². The van der Waals surface area contributed by atoms with Gasteiger partial charge >= 0.3 is 0 Å². The Morgan fingerprint density at radius 2 is 1.62 bits per heavy atom. The molecule has 0 aromatic heterocycles. The largest absolute Gasteiger partial charge is 0.350 e. The molecule has 2 N–H and O–H groups in total. The van der Waals surface area contributed by atoms with Gasteiger partial charge in [0.2, 0.25) is 11.8 Å². The van der Waals surface area contributed by atoms with Crippen molar-refractivity contribution in [2.45, 2.75) is 52.6 Å². The molecule has 0 aliphatic heterocycles. The summed E-state index contributed by atoms with van der Waals surface area (Å²) in [6.45, 7) is 10.3. The lowest BCUT2D eigenvalue weighted by molar-refractivity contribution is -0.125. The zero-order chi connectivity index (χ0) is 18.3. The van der Waals surface area contributed by atoms with Gasteiger partial charge < -0.3 is 10.6 Å². The summed E-state index contributed by atoms with van der Waals surface area (Å²) in [5.41, 5.74) is 2.09. The van der Waals surface area contributed by atoms with Crippen LogP contribution < -0.4 is 10.6 Å². The van der Waals surface area contributed by atoms with E-state index in [4.69, 9.17) is 0 Å². The first-order chi connectivity index (χ1) is 11.1. The molecule has 24 heavy (non-hydrogen) atoms. The van der Waals surface area contributed by atoms with Crippen LogP contribution >= 0.6 is 0 Å². The Morgan fingerprint density at radius 1 is 1.08 bits per heavy atom. The number of likely N-dealkylation sites (N-methyl/N-ethyl adjacent to an activating group) is 1. The normalized spacial score (nSPS) is 12.8. The number of hydrogen-bond donors (Lipinski definition) is 2. The van der Waals surface area contributed by atoms with Crippen molar-refractivity contribution in [3.8, 4) is 0 Å². The smallest absolute Gasteiger partial charge is 0.234 e. The van der Waals surface area contributed by atoms with Crippen molar-refractivity contribution in [2.75, 3.05) is 20.1 Å². The molecular formula is C19H31N3O2. The number of aryl methyl sites for hydroxylation is 1. The first-order valence-corrected chi connectivity index (χ1v) is 8.48. The van der Waals surface area contributed by atoms with Crippen molar-refractivity contribution in [3.63, 3.8) is 0 Å². The minimum Gasteiger partial charge on any atom is -0.350 e. The molecule has 0 fully saturated rings. The van der Waals surface area contributed by atoms with Crippen molar-refractivity contribution in [3.05, 3.63) is 35.4 Å². The van der Waals surface area contributed by atoms with Crippen LogP contribution in [0.3, 0.4) is 0 Å². The fourth-order valence-electron chi connectivity index (χ4n) is 2.42. The molecule has 2 amide bonds. The lowest BCUT2D eigenvalue weighted by Crippen LogP contribution is -2.47. The van der Waals surface area contributed by atoms with Crippen LogP contribution in [0.5, 0.6) is 0 Å². The molecule has 5 heteroatoms. The minimum atomic E-state index is -0.265. The molecule has 0 saturated carbocycles. The summed E-state index contributed by atoms with van der Waals surface area (Å²) in [7, 11) is 1.77. The second-order valence-corrected chi connectivity index (χ2v) is 7.35. The van der Waals surface area contributed by atoms with Crippen LogP contribution in [0.1, 0.15) is 51.8 Å². The lowest BCUT2D eigenvalue weighted by atomic mass is 10.1. The first kappa shape index (κ1) is 20.2. The Labute approximate surface area is 145 Å². The topological polar surface area (TPSA) is 61.4 Å². The van der Waals surface area contributed by atoms with Gasteiger partial charge in [0, 0.05) is 5.54 Å². The number of carbonyl (C=O) groups excluding carboxylic acids is 2. The molecule has 5 nitrogen and oxygen atoms in total. The van der Waals surface area contributed by atoms with Crippen LogP contribution in [0.4, 0.5) is 0 Å². The zero-order valence-electron chi connectivity index (χ0n) is 15.8. The van der Waals surface area contributed by atoms with E-state index in [1.807, 2.05) is 39.8 Å². The molecule has 0 bridgehead atoms. The van der Waals surface area contributed by atoms with Gasteiger partial charge in [0.25, 0.3) is 0 Å². The molecule has 0 aliphatic rings. The maximum absolute atomic E-state index is 12.1. The standard InChI is InChI=1S/C19H31N3O2/c1-7-15-8-10-16(11-9-15)14(2)20-17(23)12-22(6)13-18(24)21-19(3,4)5/h8-11,14H,7,12-13H2,1-6H3,(H,20,23)(H,21,24)/t14-/m0/s1. The number of hydrogen-bond acceptors (Lipinski definition) is 3. The van der Waals surface area contributed by atoms with Gasteiger partial charge in [-0.15, -0.1) is 0 Å². The third kappa shape index (κ3) is 7.59. The highest BCUT2D eigenvalue weighted by Gasteiger charge is 2.17. The number of amides is 2. The van der Waals surface area contributed by atoms with Crippen LogP contribution in [0.25, 0.3) is 0 Å². The van der Waals surface area contributed by atoms with E-state index in [0.717, 1.165) is 12.0 Å². The highest BCUT2D eigenvalue weighted by Crippen LogP contribution is 2.13. The molecule has 1 atom stereocenters. The van der Waals surface area contributed by atoms with Crippen molar-refractivity contribution < 1.29 is 9.59 Å². The molecule has 1 aromatic rings. The molecule has 0 heterocycles. The van der Waals surface area contributed by atoms with Crippen LogP contribution in [0.2, 0.25) is 0 Å². The summed E-state index contributed by atoms with van der Waals surface area (Å²) in [5, 5.41) is 5.86. The molecule has 0 aliphatic carbocycles. The summed E-state index contributed by atoms with van der Waals surface area (Å²) in [6.07, 6.45) is 1.00. The number of rotatable bonds is 7. The highest BCUT2D eigenvalue weighted by molar-refractivity contribution is 5.81. The minimum absolute atomic E-state index is 0.0554. The Morgan fingerprint density at radius 3 is 2.12 bits per heavy atom. The van der Waals surface area contributed by atoms with Crippen molar-refractivity contribution in [1.29, 1.82) is 0 Å². The Kier molecular flexibility index (Phi) is 7.42. The van der Waals surface area contributed by atoms with Gasteiger partial charge in [-0.1, -0.05) is 31.2 Å². The van der Waals surface area contributed by atoms with Crippen molar-refractivity contribution in [2.24, 2.45) is 0 Å². The van der Waals surface area contributed by atoms with Crippen molar-refractivity contribution >= 4 is 11.8 Å². The van der Waals surface area contributed by atoms with E-state index in [1.54, 1.807) is 11.9 Å². The maximum Gasteiger partial charge on any atom is 0.234 e. The van der Waals surface area contributed by atoms with Crippen LogP contribution in [-0.4, -0.2) is 42.4 Å². The Hall–Kier alpha value is -1.88. The van der Waals surface area contributed by atoms with Gasteiger partial charge in [-0.25, -0.2) is 0 Å². The van der Waals surface area contributed by atoms with E-state index < -0.39 is 0 Å². The summed E-state index contributed by atoms with van der Waals surface area (Å²) in [5.74, 6) is -0.172. The monoisotopic (exact) mass is 333 g/mol. The molecular weight excluding hydrogens is 302 g/mol. The van der Waals surface area contributed by atoms with E-state index in [2.05, 4.69) is 29.7 Å². The summed E-state index contributed by atoms with van der Waals surface area (Å²) in [4.78, 5) is 25.7. The van der Waals surface area contributed by atoms with Crippen LogP contribution in [0, 0.1) is 0 Å². The average Bonchev–Trinajstić information content (AvgIpc) is 2.44. The van der Waals surface area contributed by atoms with Gasteiger partial charge in [-0.05, 0) is 52.3 Å². The van der Waals surface area contributed by atoms with Gasteiger partial charge in [0.05, 0.1) is 19.1 Å². The molecule has 0 spiro atoms. The van der Waals surface area contributed by atoms with Crippen molar-refractivity contribution in [1.82, 2.24) is 15.5 Å². The SMILES string of the molecule is CCc1ccc([C@H](C)NC(=O)CN(C)CC(=O)NC(C)(C)C)cc1. The Bertz CT molecular complexity index is 547. The second-order valence-electron chi connectivity index (χ2n) is 7.35. The van der Waals surface area contributed by atoms with E-state index >= 15 is 0 Å². The fourth-order valence-corrected chi connectivity index (χ4v) is 2.42. The number of benzene rings is 1. The van der Waals surface area contributed by atoms with E-state index in [1.165, 1.54) is 5.56 Å². The molecule has 134 valence electrons. The maximum atomic E-state index is 12.1. The highest BCUT2D eigenvalue weighted by atomic mass is 16.2. The summed E-state index contributed by atoms with van der Waals surface area (Å²) < 4.78 is 0. The molecule has 1 aromatic carbocycles. The predicted octanol–water partition coefficient (Wildman–Crippen LogP) is 2.27. The van der Waals surface area contributed by atoms with Gasteiger partial charge in [-0.3, -0.25) is 14.5 Å². The number of nitrogens with zero attached hydrogens (tertiary/aromatic N) is 1. The molecule has 0 radical (unpaired) electrons. The van der Waals surface area contributed by atoms with E-state index in [9.17, 15) is 9.59 Å². The molecule has 0 saturated heterocycles. The average molecular weight is 333 g/mol. The zero-order valence-corrected chi connectivity index (χ0v) is 15.8. The quantitative estimate of drug-likeness (QED) is 0.805. The second kappa shape index (κ2) is 8.83. The molecule has 1 rings (SSSR count). The lowest BCUT2D eigenvalue weighted by Gasteiger charge is -2.23. The number of nitrogens with one attached hydrogen (secondary N) is 2. The van der Waals surface area contributed by atoms with E-state index in [-0.39, 0.29) is 36.5 Å². The van der Waals surface area contributed by atoms with E-state index in [0.29, 0.717) is 0 Å². The fraction of sp³-hybridized carbons (Fsp3) is 0.579. The van der Waals surface area contributed by atoms with Crippen LogP contribution in [0.15, 0.2) is 24.3 Å². The summed E-state index contributed by atoms with van der Waals surface area (Å²) >= 11 is 0. The Balaban J connectivity index is 2.45.